The van der Waals surface area contributed by atoms with Gasteiger partial charge >= 0.3 is 24.4 Å². The van der Waals surface area contributed by atoms with Gasteiger partial charge < -0.3 is 14.6 Å². The van der Waals surface area contributed by atoms with Crippen LogP contribution in [0.1, 0.15) is 47.6 Å². The zero-order valence-corrected chi connectivity index (χ0v) is 17.6. The predicted octanol–water partition coefficient (Wildman–Crippen LogP) is 3.90. The fourth-order valence-corrected chi connectivity index (χ4v) is 4.01. The summed E-state index contributed by atoms with van der Waals surface area (Å²) < 4.78 is 123. The molecule has 0 radical (unpaired) electrons. The number of amides is 2. The van der Waals surface area contributed by atoms with E-state index >= 15 is 0 Å². The van der Waals surface area contributed by atoms with Gasteiger partial charge in [0.1, 0.15) is 0 Å². The van der Waals surface area contributed by atoms with Crippen LogP contribution in [-0.2, 0) is 11.3 Å². The highest BCUT2D eigenvalue weighted by atomic mass is 19.4. The third-order valence-electron chi connectivity index (χ3n) is 5.81. The van der Waals surface area contributed by atoms with Crippen LogP contribution in [0, 0.1) is 0 Å². The average Bonchev–Trinajstić information content (AvgIpc) is 3.39. The number of carbonyl (C=O) groups excluding carboxylic acids is 2. The standard InChI is InChI=1S/C19H14F9N5O3/c20-12(21)14-32-31-13(36-14)7-3-8-10(29-5-7)6-33(15(8)34)11-4-17(22,23)2-1-9(11)30-16(35)18(24,25)19(26,27)28/h3,5,9,11-12H,1-2,4,6H2,(H,30,35)/t9-,11-/m1/s1. The molecule has 0 unspecified atom stereocenters. The van der Waals surface area contributed by atoms with E-state index < -0.39 is 85.9 Å². The van der Waals surface area contributed by atoms with Crippen LogP contribution in [0.15, 0.2) is 16.7 Å². The van der Waals surface area contributed by atoms with Crippen LogP contribution in [-0.4, -0.2) is 62.0 Å². The van der Waals surface area contributed by atoms with Crippen LogP contribution in [0.3, 0.4) is 0 Å². The highest BCUT2D eigenvalue weighted by Crippen LogP contribution is 2.40. The van der Waals surface area contributed by atoms with Crippen LogP contribution in [0.5, 0.6) is 0 Å². The van der Waals surface area contributed by atoms with Gasteiger partial charge in [-0.25, -0.2) is 8.78 Å². The van der Waals surface area contributed by atoms with E-state index in [4.69, 9.17) is 4.42 Å². The van der Waals surface area contributed by atoms with Crippen molar-refractivity contribution in [1.82, 2.24) is 25.4 Å². The minimum absolute atomic E-state index is 0.0249. The molecule has 0 bridgehead atoms. The molecule has 1 fully saturated rings. The van der Waals surface area contributed by atoms with Crippen molar-refractivity contribution in [2.24, 2.45) is 0 Å². The predicted molar refractivity (Wildman–Crippen MR) is 97.9 cm³/mol. The number of aromatic nitrogens is 3. The molecule has 2 aromatic rings. The maximum atomic E-state index is 14.2. The van der Waals surface area contributed by atoms with Crippen LogP contribution < -0.4 is 5.32 Å². The first-order valence-corrected chi connectivity index (χ1v) is 10.2. The molecular formula is C19H14F9N5O3. The van der Waals surface area contributed by atoms with Crippen LogP contribution in [0.25, 0.3) is 11.5 Å². The van der Waals surface area contributed by atoms with E-state index in [1.807, 2.05) is 0 Å². The van der Waals surface area contributed by atoms with Crippen molar-refractivity contribution in [1.29, 1.82) is 0 Å². The average molecular weight is 531 g/mol. The lowest BCUT2D eigenvalue weighted by atomic mass is 9.86. The van der Waals surface area contributed by atoms with Gasteiger partial charge in [-0.15, -0.1) is 10.2 Å². The molecule has 2 aromatic heterocycles. The Morgan fingerprint density at radius 2 is 1.89 bits per heavy atom. The summed E-state index contributed by atoms with van der Waals surface area (Å²) in [5.74, 6) is -14.3. The topological polar surface area (TPSA) is 101 Å². The Kier molecular flexibility index (Phi) is 6.15. The van der Waals surface area contributed by atoms with Crippen LogP contribution in [0.2, 0.25) is 0 Å². The molecule has 1 saturated carbocycles. The van der Waals surface area contributed by atoms with Crippen molar-refractivity contribution >= 4 is 11.8 Å². The van der Waals surface area contributed by atoms with Gasteiger partial charge in [0.05, 0.1) is 29.4 Å². The number of carbonyl (C=O) groups is 2. The molecule has 1 N–H and O–H groups in total. The van der Waals surface area contributed by atoms with Gasteiger partial charge in [0.15, 0.2) is 0 Å². The fraction of sp³-hybridized carbons (Fsp3) is 0.526. The number of pyridine rings is 1. The van der Waals surface area contributed by atoms with E-state index in [0.29, 0.717) is 0 Å². The highest BCUT2D eigenvalue weighted by molar-refractivity contribution is 5.99. The van der Waals surface area contributed by atoms with Gasteiger partial charge in [-0.05, 0) is 12.5 Å². The number of alkyl halides is 9. The van der Waals surface area contributed by atoms with Gasteiger partial charge in [-0.1, -0.05) is 0 Å². The molecule has 8 nitrogen and oxygen atoms in total. The van der Waals surface area contributed by atoms with Crippen LogP contribution >= 0.6 is 0 Å². The molecule has 2 atom stereocenters. The number of hydrogen-bond donors (Lipinski definition) is 1. The maximum absolute atomic E-state index is 14.2. The number of halogens is 9. The third-order valence-corrected chi connectivity index (χ3v) is 5.81. The Hall–Kier alpha value is -3.40. The minimum atomic E-state index is -6.22. The molecule has 2 amide bonds. The fourth-order valence-electron chi connectivity index (χ4n) is 4.01. The SMILES string of the molecule is O=C1c2cc(-c3nnc(C(F)F)o3)cnc2CN1[C@@H]1CC(F)(F)CC[C@H]1NC(=O)C(F)(F)C(F)(F)F. The largest absolute Gasteiger partial charge is 0.463 e. The monoisotopic (exact) mass is 531 g/mol. The van der Waals surface area contributed by atoms with Crippen molar-refractivity contribution in [3.8, 4) is 11.5 Å². The smallest absolute Gasteiger partial charge is 0.415 e. The Labute approximate surface area is 194 Å². The summed E-state index contributed by atoms with van der Waals surface area (Å²) in [5.41, 5.74) is -0.229. The first-order valence-electron chi connectivity index (χ1n) is 10.2. The minimum Gasteiger partial charge on any atom is -0.415 e. The number of nitrogens with zero attached hydrogens (tertiary/aromatic N) is 4. The summed E-state index contributed by atoms with van der Waals surface area (Å²) in [5, 5.41) is 8.00. The zero-order chi connectivity index (χ0) is 26.6. The molecule has 3 heterocycles. The van der Waals surface area contributed by atoms with E-state index in [1.165, 1.54) is 5.32 Å². The van der Waals surface area contributed by atoms with E-state index in [1.54, 1.807) is 0 Å². The first kappa shape index (κ1) is 25.7. The summed E-state index contributed by atoms with van der Waals surface area (Å²) in [6.07, 6.45) is -10.9. The third kappa shape index (κ3) is 4.57. The summed E-state index contributed by atoms with van der Waals surface area (Å²) in [7, 11) is 0. The summed E-state index contributed by atoms with van der Waals surface area (Å²) in [4.78, 5) is 29.4. The molecule has 2 aliphatic rings. The number of fused-ring (bicyclic) bond motifs is 1. The summed E-state index contributed by atoms with van der Waals surface area (Å²) >= 11 is 0. The molecule has 0 saturated heterocycles. The lowest BCUT2D eigenvalue weighted by Crippen LogP contribution is -2.61. The molecular weight excluding hydrogens is 517 g/mol. The van der Waals surface area contributed by atoms with Crippen molar-refractivity contribution in [2.75, 3.05) is 0 Å². The second kappa shape index (κ2) is 8.62. The normalized spacial score (nSPS) is 22.2. The van der Waals surface area contributed by atoms with Crippen molar-refractivity contribution in [2.45, 2.75) is 62.3 Å². The molecule has 196 valence electrons. The zero-order valence-electron chi connectivity index (χ0n) is 17.6. The van der Waals surface area contributed by atoms with Crippen molar-refractivity contribution in [3.63, 3.8) is 0 Å². The molecule has 36 heavy (non-hydrogen) atoms. The van der Waals surface area contributed by atoms with E-state index in [2.05, 4.69) is 15.2 Å². The molecule has 0 aromatic carbocycles. The number of hydrogen-bond acceptors (Lipinski definition) is 6. The van der Waals surface area contributed by atoms with E-state index in [0.717, 1.165) is 17.2 Å². The van der Waals surface area contributed by atoms with E-state index in [-0.39, 0.29) is 16.8 Å². The molecule has 4 rings (SSSR count). The van der Waals surface area contributed by atoms with Gasteiger partial charge in [0, 0.05) is 25.1 Å². The first-order chi connectivity index (χ1) is 16.6. The lowest BCUT2D eigenvalue weighted by Gasteiger charge is -2.41. The second-order valence-corrected chi connectivity index (χ2v) is 8.22. The summed E-state index contributed by atoms with van der Waals surface area (Å²) in [6, 6.07) is -2.19. The van der Waals surface area contributed by atoms with Gasteiger partial charge in [0.2, 0.25) is 11.8 Å². The van der Waals surface area contributed by atoms with Crippen LogP contribution in [0.4, 0.5) is 39.5 Å². The molecule has 17 heteroatoms. The Morgan fingerprint density at radius 3 is 2.50 bits per heavy atom. The molecule has 0 spiro atoms. The molecule has 1 aliphatic carbocycles. The van der Waals surface area contributed by atoms with Gasteiger partial charge in [-0.3, -0.25) is 14.6 Å². The maximum Gasteiger partial charge on any atom is 0.463 e. The number of rotatable bonds is 5. The second-order valence-electron chi connectivity index (χ2n) is 8.22. The Bertz CT molecular complexity index is 1180. The lowest BCUT2D eigenvalue weighted by molar-refractivity contribution is -0.270. The Morgan fingerprint density at radius 1 is 1.19 bits per heavy atom. The van der Waals surface area contributed by atoms with Gasteiger partial charge in [0.25, 0.3) is 11.8 Å². The van der Waals surface area contributed by atoms with Gasteiger partial charge in [-0.2, -0.15) is 30.7 Å². The van der Waals surface area contributed by atoms with E-state index in [9.17, 15) is 49.1 Å². The van der Waals surface area contributed by atoms with Crippen molar-refractivity contribution in [3.05, 3.63) is 29.4 Å². The molecule has 1 aliphatic heterocycles. The Balaban J connectivity index is 1.59. The highest BCUT2D eigenvalue weighted by Gasteiger charge is 2.64. The number of nitrogens with one attached hydrogen (secondary N) is 1. The summed E-state index contributed by atoms with van der Waals surface area (Å²) in [6.45, 7) is -0.427. The van der Waals surface area contributed by atoms with Crippen molar-refractivity contribution < 1.29 is 53.5 Å². The quantitative estimate of drug-likeness (QED) is 0.588.